The smallest absolute Gasteiger partial charge is 0.408 e. The Bertz CT molecular complexity index is 6090. The molecule has 0 saturated carbocycles. The molecule has 16 atom stereocenters. The Kier molecular flexibility index (Phi) is 30.7. The monoisotopic (exact) mass is 1880 g/mol. The molecule has 30 nitrogen and oxygen atoms in total. The van der Waals surface area contributed by atoms with Crippen LogP contribution in [0.4, 0.5) is 27.2 Å². The average Bonchev–Trinajstić information content (AvgIpc) is 1.56. The first-order valence-corrected chi connectivity index (χ1v) is 46.8. The number of esters is 6. The summed E-state index contributed by atoms with van der Waals surface area (Å²) in [5.41, 5.74) is 8.33. The molecule has 6 aromatic carbocycles. The molecular weight excluding hydrogens is 1760 g/mol. The number of nitrogens with zero attached hydrogens (tertiary/aromatic N) is 4. The summed E-state index contributed by atoms with van der Waals surface area (Å²) < 4.78 is 125. The Labute approximate surface area is 784 Å². The number of halogens is 4. The highest BCUT2D eigenvalue weighted by atomic mass is 19.1. The fourth-order valence-corrected chi connectivity index (χ4v) is 20.5. The van der Waals surface area contributed by atoms with Crippen LogP contribution in [-0.2, 0) is 125 Å². The van der Waals surface area contributed by atoms with Crippen LogP contribution in [-0.4, -0.2) is 200 Å². The number of nitrogens with one attached hydrogen (secondary N) is 6. The van der Waals surface area contributed by atoms with Gasteiger partial charge in [0.1, 0.15) is 48.6 Å². The van der Waals surface area contributed by atoms with Crippen molar-refractivity contribution in [1.82, 2.24) is 50.2 Å². The number of H-pyrrole nitrogens is 2. The molecule has 724 valence electrons. The zero-order valence-corrected chi connectivity index (χ0v) is 78.3. The van der Waals surface area contributed by atoms with Crippen molar-refractivity contribution in [1.29, 1.82) is 0 Å². The van der Waals surface area contributed by atoms with Crippen LogP contribution in [0.3, 0.4) is 0 Å². The van der Waals surface area contributed by atoms with Crippen LogP contribution in [0.1, 0.15) is 180 Å². The second-order valence-corrected chi connectivity index (χ2v) is 36.9. The standard InChI is InChI=1S/C64H74F2N6O13.C38H44F2N4O7/c1-35(2)53(68-63(78)80-33-41-17-11-9-12-18-41)60(76)70-27-15-21-45(70)31-49-47-25-23-43(65)29-51(47)67-55(49)56-50(32-46-22-16-28-71(46)61(77)54(36(3)4)69-64(79)81-34-42-19-13-10-14-20-42)48-26-24-44(66)30-52(48)72(56)62-59(85-40(8)75)58(84-39(7)74)57(37(5)82-62)83-38(6)73;1-19-35(49-20(2)45)36(50-21(3)46)37(51-22(4)47)38(48-19)44-32-16-24(40)10-12-28(32)30(18-26-8-6-14-42-26)34(44)33-29(17-25-7-5-13-41-25)27-11-9-23(39)15-31(27)43-33/h9-14,17-20,23-26,29-30,35-37,45-46,53-54,57-59,62,67H,15-16,21-22,27-28,31-34H2,1-8H3,(H,68,78)(H,69,79);9-12,15-16,19,25-26,35-38,41-43H,5-8,13-14,17-18H2,1-4H3/t37-,45?,46-,53-,54-,57+,58+,59-,62-;19-,25?,26-,35+,36+,37-,38-/m00/s1. The number of fused-ring (bicyclic) bond motifs is 4. The van der Waals surface area contributed by atoms with Crippen LogP contribution < -0.4 is 21.3 Å². The molecule has 4 aromatic heterocycles. The number of aromatic nitrogens is 4. The molecule has 10 aromatic rings. The summed E-state index contributed by atoms with van der Waals surface area (Å²) in [6, 6.07) is 33.4. The predicted octanol–water partition coefficient (Wildman–Crippen LogP) is 15.1. The van der Waals surface area contributed by atoms with Crippen molar-refractivity contribution >= 4 is 103 Å². The van der Waals surface area contributed by atoms with Gasteiger partial charge < -0.3 is 97.5 Å². The molecule has 34 heteroatoms. The zero-order chi connectivity index (χ0) is 96.8. The molecule has 0 spiro atoms. The van der Waals surface area contributed by atoms with Crippen molar-refractivity contribution in [2.45, 2.75) is 271 Å². The van der Waals surface area contributed by atoms with E-state index in [0.29, 0.717) is 113 Å². The lowest BCUT2D eigenvalue weighted by Crippen LogP contribution is -2.58. The molecule has 4 amide bonds. The number of benzene rings is 6. The number of likely N-dealkylation sites (tertiary alicyclic amines) is 2. The number of hydrogen-bond acceptors (Lipinski definition) is 22. The van der Waals surface area contributed by atoms with E-state index >= 15 is 18.0 Å². The van der Waals surface area contributed by atoms with Gasteiger partial charge in [0.05, 0.1) is 46.0 Å². The van der Waals surface area contributed by atoms with Gasteiger partial charge in [-0.1, -0.05) is 88.4 Å². The molecule has 6 aliphatic heterocycles. The van der Waals surface area contributed by atoms with Gasteiger partial charge in [0, 0.05) is 111 Å². The molecule has 0 aliphatic carbocycles. The maximum absolute atomic E-state index is 16.3. The van der Waals surface area contributed by atoms with Gasteiger partial charge >= 0.3 is 48.0 Å². The third-order valence-corrected chi connectivity index (χ3v) is 26.4. The number of aromatic amines is 2. The predicted molar refractivity (Wildman–Crippen MR) is 494 cm³/mol. The van der Waals surface area contributed by atoms with Crippen LogP contribution in [0.5, 0.6) is 0 Å². The Morgan fingerprint density at radius 3 is 1.11 bits per heavy atom. The minimum atomic E-state index is -1.57. The maximum Gasteiger partial charge on any atom is 0.408 e. The molecule has 2 unspecified atom stereocenters. The van der Waals surface area contributed by atoms with E-state index in [1.165, 1.54) is 76.2 Å². The summed E-state index contributed by atoms with van der Waals surface area (Å²) in [4.78, 5) is 144. The van der Waals surface area contributed by atoms with Gasteiger partial charge in [0.25, 0.3) is 0 Å². The number of alkyl carbamates (subject to hydrolysis) is 2. The van der Waals surface area contributed by atoms with Gasteiger partial charge in [-0.2, -0.15) is 0 Å². The minimum Gasteiger partial charge on any atom is -0.456 e. The fraction of sp³-hybridized carbons (Fsp3) is 0.471. The van der Waals surface area contributed by atoms with E-state index in [4.69, 9.17) is 47.4 Å². The van der Waals surface area contributed by atoms with Crippen molar-refractivity contribution in [3.05, 3.63) is 190 Å². The van der Waals surface area contributed by atoms with Gasteiger partial charge in [0.2, 0.25) is 11.8 Å². The molecule has 10 heterocycles. The zero-order valence-electron chi connectivity index (χ0n) is 78.3. The summed E-state index contributed by atoms with van der Waals surface area (Å²) in [5.74, 6) is -7.87. The SMILES string of the molecule is CC(=O)O[C@@H]1[C@H](OC(C)=O)[C@H](C)O[C@H](n2c(-c3[nH]c4cc(F)ccc4c3CC3CCCN3)c(C[C@@H]3CCCN3)c3ccc(F)cc32)[C@H]1OC(C)=O.CC(=O)O[C@@H]1[C@H](OC(C)=O)[C@H](C)O[C@H](n2c(-c3[nH]c4cc(F)ccc4c3CC3CCCN3C(=O)[C@@H](NC(=O)OCc3ccccc3)C(C)C)c(C[C@@H]3CCCN3C(=O)[C@@H](NC(=O)OCc3ccccc3)C(C)C)c3ccc(F)cc32)[C@H]1OC(C)=O. The fourth-order valence-electron chi connectivity index (χ4n) is 20.5. The lowest BCUT2D eigenvalue weighted by molar-refractivity contribution is -0.258. The molecule has 0 radical (unpaired) electrons. The number of amides is 4. The second-order valence-electron chi connectivity index (χ2n) is 36.9. The van der Waals surface area contributed by atoms with Crippen LogP contribution in [0, 0.1) is 35.1 Å². The second kappa shape index (κ2) is 42.7. The van der Waals surface area contributed by atoms with Crippen molar-refractivity contribution < 1.29 is 113 Å². The van der Waals surface area contributed by atoms with E-state index < -0.39 is 151 Å². The summed E-state index contributed by atoms with van der Waals surface area (Å²) in [7, 11) is 0. The van der Waals surface area contributed by atoms with Gasteiger partial charge in [-0.25, -0.2) is 27.2 Å². The van der Waals surface area contributed by atoms with Crippen LogP contribution in [0.15, 0.2) is 133 Å². The third kappa shape index (κ3) is 21.9. The van der Waals surface area contributed by atoms with Gasteiger partial charge in [-0.3, -0.25) is 38.4 Å². The molecular formula is C102H118F4N10O20. The minimum absolute atomic E-state index is 0.00625. The van der Waals surface area contributed by atoms with E-state index in [1.807, 2.05) is 92.9 Å². The van der Waals surface area contributed by atoms with Crippen LogP contribution in [0.2, 0.25) is 0 Å². The average molecular weight is 1880 g/mol. The third-order valence-electron chi connectivity index (χ3n) is 26.4. The lowest BCUT2D eigenvalue weighted by atomic mass is 9.94. The van der Waals surface area contributed by atoms with Crippen molar-refractivity contribution in [3.8, 4) is 22.8 Å². The van der Waals surface area contributed by atoms with Crippen molar-refractivity contribution in [2.24, 2.45) is 11.8 Å². The summed E-state index contributed by atoms with van der Waals surface area (Å²) in [6.07, 6.45) is -6.44. The van der Waals surface area contributed by atoms with E-state index in [-0.39, 0.29) is 73.1 Å². The van der Waals surface area contributed by atoms with E-state index in [2.05, 4.69) is 31.2 Å². The highest BCUT2D eigenvalue weighted by Gasteiger charge is 2.55. The molecule has 6 fully saturated rings. The molecule has 6 N–H and O–H groups in total. The molecule has 6 aliphatic rings. The maximum atomic E-state index is 16.3. The van der Waals surface area contributed by atoms with E-state index in [0.717, 1.165) is 85.6 Å². The number of hydrogen-bond donors (Lipinski definition) is 6. The van der Waals surface area contributed by atoms with Crippen LogP contribution >= 0.6 is 0 Å². The molecule has 6 saturated heterocycles. The molecule has 136 heavy (non-hydrogen) atoms. The number of carbonyl (C=O) groups is 10. The lowest BCUT2D eigenvalue weighted by Gasteiger charge is -2.44. The summed E-state index contributed by atoms with van der Waals surface area (Å²) in [5, 5.41) is 15.5. The first-order chi connectivity index (χ1) is 65.1. The highest BCUT2D eigenvalue weighted by Crippen LogP contribution is 2.50. The number of rotatable bonds is 28. The largest absolute Gasteiger partial charge is 0.456 e. The highest BCUT2D eigenvalue weighted by molar-refractivity contribution is 6.00. The Balaban J connectivity index is 0.000000234. The Morgan fingerprint density at radius 1 is 0.404 bits per heavy atom. The summed E-state index contributed by atoms with van der Waals surface area (Å²) in [6.45, 7) is 20.2. The molecule has 16 rings (SSSR count). The number of ether oxygens (including phenoxy) is 10. The topological polar surface area (TPSA) is 359 Å². The summed E-state index contributed by atoms with van der Waals surface area (Å²) >= 11 is 0. The Hall–Kier alpha value is -12.7. The normalized spacial score (nSPS) is 23.2. The van der Waals surface area contributed by atoms with Crippen molar-refractivity contribution in [2.75, 3.05) is 26.2 Å². The van der Waals surface area contributed by atoms with Gasteiger partial charge in [-0.05, 0) is 222 Å². The van der Waals surface area contributed by atoms with E-state index in [9.17, 15) is 47.5 Å². The van der Waals surface area contributed by atoms with Crippen LogP contribution in [0.25, 0.3) is 66.4 Å². The van der Waals surface area contributed by atoms with E-state index in [1.54, 1.807) is 52.5 Å². The Morgan fingerprint density at radius 2 is 0.743 bits per heavy atom. The van der Waals surface area contributed by atoms with Crippen molar-refractivity contribution in [3.63, 3.8) is 0 Å². The van der Waals surface area contributed by atoms with Gasteiger partial charge in [-0.15, -0.1) is 0 Å². The van der Waals surface area contributed by atoms with Gasteiger partial charge in [0.15, 0.2) is 49.1 Å². The first-order valence-electron chi connectivity index (χ1n) is 46.8. The first kappa shape index (κ1) is 97.9. The molecule has 0 bridgehead atoms. The number of carbonyl (C=O) groups excluding carboxylic acids is 10. The quantitative estimate of drug-likeness (QED) is 0.0151.